The van der Waals surface area contributed by atoms with Crippen molar-refractivity contribution in [3.05, 3.63) is 47.4 Å². The predicted octanol–water partition coefficient (Wildman–Crippen LogP) is 3.99. The molecule has 1 unspecified atom stereocenters. The molecule has 41 heavy (non-hydrogen) atoms. The predicted molar refractivity (Wildman–Crippen MR) is 155 cm³/mol. The van der Waals surface area contributed by atoms with Crippen LogP contribution in [0.1, 0.15) is 75.0 Å². The van der Waals surface area contributed by atoms with Crippen LogP contribution in [0.15, 0.2) is 30.6 Å². The van der Waals surface area contributed by atoms with E-state index >= 15 is 0 Å². The van der Waals surface area contributed by atoms with Crippen LogP contribution in [-0.4, -0.2) is 65.8 Å². The largest absolute Gasteiger partial charge is 0.474 e. The van der Waals surface area contributed by atoms with E-state index in [-0.39, 0.29) is 35.6 Å². The minimum atomic E-state index is -3.10. The number of aromatic nitrogens is 3. The lowest BCUT2D eigenvalue weighted by molar-refractivity contribution is -0.0189. The molecule has 220 valence electrons. The first-order valence-electron chi connectivity index (χ1n) is 13.7. The van der Waals surface area contributed by atoms with E-state index in [4.69, 9.17) is 24.9 Å². The van der Waals surface area contributed by atoms with E-state index in [2.05, 4.69) is 15.3 Å². The van der Waals surface area contributed by atoms with Crippen LogP contribution >= 0.6 is 0 Å². The van der Waals surface area contributed by atoms with Gasteiger partial charge in [-0.05, 0) is 44.4 Å². The number of pyridine rings is 3. The van der Waals surface area contributed by atoms with Crippen LogP contribution in [-0.2, 0) is 24.8 Å². The van der Waals surface area contributed by atoms with Gasteiger partial charge in [0, 0.05) is 49.6 Å². The highest BCUT2D eigenvalue weighted by Crippen LogP contribution is 2.39. The van der Waals surface area contributed by atoms with Gasteiger partial charge in [-0.1, -0.05) is 13.8 Å². The average Bonchev–Trinajstić information content (AvgIpc) is 2.88. The molecule has 2 aliphatic rings. The third-order valence-corrected chi connectivity index (χ3v) is 10.4. The van der Waals surface area contributed by atoms with Gasteiger partial charge in [-0.15, -0.1) is 0 Å². The summed E-state index contributed by atoms with van der Waals surface area (Å²) in [6.45, 7) is 9.50. The molecule has 0 amide bonds. The van der Waals surface area contributed by atoms with E-state index in [0.717, 1.165) is 10.9 Å². The Bertz CT molecular complexity index is 1600. The van der Waals surface area contributed by atoms with E-state index in [0.29, 0.717) is 47.0 Å². The zero-order chi connectivity index (χ0) is 29.7. The number of esters is 1. The van der Waals surface area contributed by atoms with Crippen molar-refractivity contribution < 1.29 is 27.4 Å². The number of carbonyl (C=O) groups is 1. The highest BCUT2D eigenvalue weighted by Gasteiger charge is 2.41. The van der Waals surface area contributed by atoms with Gasteiger partial charge in [0.2, 0.25) is 5.88 Å². The Morgan fingerprint density at radius 2 is 1.90 bits per heavy atom. The summed E-state index contributed by atoms with van der Waals surface area (Å²) in [6.07, 6.45) is 3.94. The minimum Gasteiger partial charge on any atom is -0.474 e. The van der Waals surface area contributed by atoms with Gasteiger partial charge < -0.3 is 25.3 Å². The Morgan fingerprint density at radius 3 is 2.59 bits per heavy atom. The fourth-order valence-electron chi connectivity index (χ4n) is 5.30. The monoisotopic (exact) mass is 583 g/mol. The number of anilines is 2. The van der Waals surface area contributed by atoms with E-state index in [9.17, 15) is 13.2 Å². The molecule has 3 aromatic heterocycles. The van der Waals surface area contributed by atoms with Crippen molar-refractivity contribution in [1.82, 2.24) is 15.0 Å². The molecule has 2 atom stereocenters. The first kappa shape index (κ1) is 29.2. The number of fused-ring (bicyclic) bond motifs is 2. The molecule has 3 aromatic rings. The normalized spacial score (nSPS) is 23.2. The molecule has 4 heterocycles. The SMILES string of the molecule is CCS(=O)(=O)[C@H]1C[C@@H](Oc2ncc(C(C)(N)COC)c3cc(Nc4ccc5c(n4)[C@@H](C)C(C)(C)OC5=O)ncc23)C1. The van der Waals surface area contributed by atoms with E-state index in [1.165, 1.54) is 0 Å². The molecule has 12 heteroatoms. The molecule has 0 radical (unpaired) electrons. The number of cyclic esters (lactones) is 1. The Kier molecular flexibility index (Phi) is 7.46. The zero-order valence-corrected chi connectivity index (χ0v) is 25.0. The fourth-order valence-corrected chi connectivity index (χ4v) is 6.78. The Morgan fingerprint density at radius 1 is 1.17 bits per heavy atom. The number of hydrogen-bond donors (Lipinski definition) is 2. The van der Waals surface area contributed by atoms with Gasteiger partial charge in [-0.25, -0.2) is 28.2 Å². The van der Waals surface area contributed by atoms with Gasteiger partial charge in [0.15, 0.2) is 9.84 Å². The lowest BCUT2D eigenvalue weighted by atomic mass is 9.84. The number of carbonyl (C=O) groups excluding carboxylic acids is 1. The van der Waals surface area contributed by atoms with E-state index in [1.54, 1.807) is 38.6 Å². The number of hydrogen-bond acceptors (Lipinski definition) is 11. The highest BCUT2D eigenvalue weighted by atomic mass is 32.2. The summed E-state index contributed by atoms with van der Waals surface area (Å²) in [7, 11) is -1.51. The van der Waals surface area contributed by atoms with Crippen molar-refractivity contribution in [2.45, 2.75) is 75.9 Å². The second-order valence-corrected chi connectivity index (χ2v) is 14.3. The summed E-state index contributed by atoms with van der Waals surface area (Å²) in [6, 6.07) is 5.28. The molecule has 1 fully saturated rings. The van der Waals surface area contributed by atoms with Crippen LogP contribution < -0.4 is 15.8 Å². The lowest BCUT2D eigenvalue weighted by Crippen LogP contribution is -2.43. The number of sulfone groups is 1. The Hall–Kier alpha value is -3.35. The minimum absolute atomic E-state index is 0.107. The van der Waals surface area contributed by atoms with Crippen molar-refractivity contribution in [1.29, 1.82) is 0 Å². The molecule has 0 aromatic carbocycles. The summed E-state index contributed by atoms with van der Waals surface area (Å²) in [5, 5.41) is 4.29. The summed E-state index contributed by atoms with van der Waals surface area (Å²) in [4.78, 5) is 26.4. The second-order valence-electron chi connectivity index (χ2n) is 11.7. The summed E-state index contributed by atoms with van der Waals surface area (Å²) >= 11 is 0. The molecule has 1 aliphatic carbocycles. The average molecular weight is 584 g/mol. The fraction of sp³-hybridized carbons (Fsp3) is 0.517. The number of rotatable bonds is 9. The smallest absolute Gasteiger partial charge is 0.340 e. The van der Waals surface area contributed by atoms with Crippen molar-refractivity contribution in [3.63, 3.8) is 0 Å². The first-order chi connectivity index (χ1) is 19.3. The van der Waals surface area contributed by atoms with Gasteiger partial charge in [0.25, 0.3) is 0 Å². The Labute approximate surface area is 240 Å². The molecule has 5 rings (SSSR count). The number of nitrogens with one attached hydrogen (secondary N) is 1. The second kappa shape index (κ2) is 10.5. The van der Waals surface area contributed by atoms with Crippen LogP contribution in [0.25, 0.3) is 10.8 Å². The topological polar surface area (TPSA) is 156 Å². The van der Waals surface area contributed by atoms with Crippen LogP contribution in [0, 0.1) is 0 Å². The van der Waals surface area contributed by atoms with Crippen LogP contribution in [0.3, 0.4) is 0 Å². The van der Waals surface area contributed by atoms with E-state index < -0.39 is 21.0 Å². The van der Waals surface area contributed by atoms with Crippen LogP contribution in [0.5, 0.6) is 5.88 Å². The standard InChI is InChI=1S/C29H37N5O6S/c1-7-41(36,37)18-10-17(11-18)39-26-21-13-31-24(12-20(21)22(14-32-26)29(5,30)15-38-6)33-23-9-8-19-25(34-23)16(2)28(3,4)40-27(19)35/h8-9,12-14,16-18H,7,10-11,15,30H2,1-6H3,(H,31,33,34)/t16-,17-,18+,29?/m1/s1. The van der Waals surface area contributed by atoms with Gasteiger partial charge in [-0.2, -0.15) is 0 Å². The van der Waals surface area contributed by atoms with Gasteiger partial charge in [0.1, 0.15) is 23.3 Å². The molecule has 0 spiro atoms. The molecular formula is C29H37N5O6S. The number of nitrogens with zero attached hydrogens (tertiary/aromatic N) is 3. The highest BCUT2D eigenvalue weighted by molar-refractivity contribution is 7.92. The third kappa shape index (κ3) is 5.47. The summed E-state index contributed by atoms with van der Waals surface area (Å²) < 4.78 is 41.5. The lowest BCUT2D eigenvalue weighted by Gasteiger charge is -2.36. The quantitative estimate of drug-likeness (QED) is 0.351. The van der Waals surface area contributed by atoms with Crippen molar-refractivity contribution in [2.75, 3.05) is 24.8 Å². The van der Waals surface area contributed by atoms with Gasteiger partial charge in [0.05, 0.1) is 34.0 Å². The molecule has 11 nitrogen and oxygen atoms in total. The van der Waals surface area contributed by atoms with Crippen molar-refractivity contribution in [3.8, 4) is 5.88 Å². The van der Waals surface area contributed by atoms with Crippen molar-refractivity contribution >= 4 is 38.2 Å². The Balaban J connectivity index is 1.48. The number of methoxy groups -OCH3 is 1. The van der Waals surface area contributed by atoms with Crippen LogP contribution in [0.4, 0.5) is 11.6 Å². The molecule has 0 bridgehead atoms. The van der Waals surface area contributed by atoms with Crippen molar-refractivity contribution in [2.24, 2.45) is 5.73 Å². The molecular weight excluding hydrogens is 546 g/mol. The molecule has 1 aliphatic heterocycles. The van der Waals surface area contributed by atoms with Gasteiger partial charge in [-0.3, -0.25) is 0 Å². The third-order valence-electron chi connectivity index (χ3n) is 8.24. The maximum Gasteiger partial charge on any atom is 0.340 e. The maximum atomic E-state index is 12.5. The van der Waals surface area contributed by atoms with Gasteiger partial charge >= 0.3 is 5.97 Å². The first-order valence-corrected chi connectivity index (χ1v) is 15.4. The zero-order valence-electron chi connectivity index (χ0n) is 24.2. The number of nitrogens with two attached hydrogens (primary N) is 1. The molecule has 3 N–H and O–H groups in total. The summed E-state index contributed by atoms with van der Waals surface area (Å²) in [5.74, 6) is 1.04. The number of ether oxygens (including phenoxy) is 3. The maximum absolute atomic E-state index is 12.5. The van der Waals surface area contributed by atoms with Crippen LogP contribution in [0.2, 0.25) is 0 Å². The summed E-state index contributed by atoms with van der Waals surface area (Å²) in [5.41, 5.74) is 6.96. The molecule has 1 saturated carbocycles. The van der Waals surface area contributed by atoms with E-state index in [1.807, 2.05) is 33.8 Å². The molecule has 0 saturated heterocycles.